The van der Waals surface area contributed by atoms with Crippen LogP contribution in [0.3, 0.4) is 0 Å². The highest BCUT2D eigenvalue weighted by Crippen LogP contribution is 2.00. The standard InChI is InChI=1S/C12H27N3O2/c1-3-15(4-2)9-10-17-12(16)11(14)7-5-6-8-13/h11H,3-10,13-14H2,1-2H3. The van der Waals surface area contributed by atoms with Gasteiger partial charge in [-0.25, -0.2) is 0 Å². The van der Waals surface area contributed by atoms with Gasteiger partial charge in [0.05, 0.1) is 0 Å². The van der Waals surface area contributed by atoms with Crippen LogP contribution in [0.25, 0.3) is 0 Å². The molecule has 0 aromatic heterocycles. The SMILES string of the molecule is CCN(CC)CCOC(=O)C(N)CCCCN. The Morgan fingerprint density at radius 2 is 1.94 bits per heavy atom. The molecule has 1 unspecified atom stereocenters. The van der Waals surface area contributed by atoms with E-state index >= 15 is 0 Å². The van der Waals surface area contributed by atoms with Crippen molar-refractivity contribution in [3.63, 3.8) is 0 Å². The van der Waals surface area contributed by atoms with Crippen LogP contribution < -0.4 is 11.5 Å². The van der Waals surface area contributed by atoms with Gasteiger partial charge in [-0.15, -0.1) is 0 Å². The number of esters is 1. The molecule has 0 aliphatic carbocycles. The van der Waals surface area contributed by atoms with Gasteiger partial charge in [-0.1, -0.05) is 20.3 Å². The molecule has 0 rings (SSSR count). The maximum absolute atomic E-state index is 11.5. The first-order chi connectivity index (χ1) is 8.15. The van der Waals surface area contributed by atoms with E-state index in [0.717, 1.165) is 32.5 Å². The van der Waals surface area contributed by atoms with E-state index in [9.17, 15) is 4.79 Å². The van der Waals surface area contributed by atoms with Crippen molar-refractivity contribution in [3.05, 3.63) is 0 Å². The molecule has 0 aliphatic heterocycles. The van der Waals surface area contributed by atoms with Crippen molar-refractivity contribution in [1.29, 1.82) is 0 Å². The molecule has 0 fully saturated rings. The van der Waals surface area contributed by atoms with E-state index in [1.807, 2.05) is 0 Å². The van der Waals surface area contributed by atoms with Crippen LogP contribution in [-0.4, -0.2) is 49.7 Å². The van der Waals surface area contributed by atoms with Gasteiger partial charge in [-0.05, 0) is 32.5 Å². The number of nitrogens with two attached hydrogens (primary N) is 2. The van der Waals surface area contributed by atoms with Crippen LogP contribution >= 0.6 is 0 Å². The summed E-state index contributed by atoms with van der Waals surface area (Å²) in [5, 5.41) is 0. The fourth-order valence-electron chi connectivity index (χ4n) is 1.55. The third kappa shape index (κ3) is 8.12. The van der Waals surface area contributed by atoms with Gasteiger partial charge in [-0.2, -0.15) is 0 Å². The normalized spacial score (nSPS) is 12.8. The molecule has 1 atom stereocenters. The van der Waals surface area contributed by atoms with Crippen molar-refractivity contribution in [1.82, 2.24) is 4.90 Å². The highest BCUT2D eigenvalue weighted by atomic mass is 16.5. The predicted molar refractivity (Wildman–Crippen MR) is 69.6 cm³/mol. The Kier molecular flexibility index (Phi) is 10.1. The monoisotopic (exact) mass is 245 g/mol. The summed E-state index contributed by atoms with van der Waals surface area (Å²) in [5.41, 5.74) is 11.1. The van der Waals surface area contributed by atoms with Crippen molar-refractivity contribution in [2.75, 3.05) is 32.8 Å². The van der Waals surface area contributed by atoms with Gasteiger partial charge < -0.3 is 21.1 Å². The number of unbranched alkanes of at least 4 members (excludes halogenated alkanes) is 1. The molecule has 0 aliphatic rings. The molecule has 0 radical (unpaired) electrons. The summed E-state index contributed by atoms with van der Waals surface area (Å²) >= 11 is 0. The molecular weight excluding hydrogens is 218 g/mol. The summed E-state index contributed by atoms with van der Waals surface area (Å²) < 4.78 is 5.13. The first kappa shape index (κ1) is 16.4. The number of ether oxygens (including phenoxy) is 1. The number of rotatable bonds is 10. The molecule has 0 aromatic rings. The number of nitrogens with zero attached hydrogens (tertiary/aromatic N) is 1. The quantitative estimate of drug-likeness (QED) is 0.428. The molecule has 0 heterocycles. The Balaban J connectivity index is 3.63. The molecule has 0 amide bonds. The van der Waals surface area contributed by atoms with Crippen LogP contribution in [0.15, 0.2) is 0 Å². The largest absolute Gasteiger partial charge is 0.463 e. The second-order valence-corrected chi connectivity index (χ2v) is 4.09. The molecule has 5 heteroatoms. The lowest BCUT2D eigenvalue weighted by Crippen LogP contribution is -2.35. The van der Waals surface area contributed by atoms with Gasteiger partial charge in [0, 0.05) is 6.54 Å². The lowest BCUT2D eigenvalue weighted by atomic mass is 10.1. The number of hydrogen-bond donors (Lipinski definition) is 2. The van der Waals surface area contributed by atoms with Crippen molar-refractivity contribution < 1.29 is 9.53 Å². The summed E-state index contributed by atoms with van der Waals surface area (Å²) in [5.74, 6) is -0.297. The first-order valence-electron chi connectivity index (χ1n) is 6.50. The topological polar surface area (TPSA) is 81.6 Å². The molecule has 0 bridgehead atoms. The Bertz CT molecular complexity index is 196. The molecule has 0 spiro atoms. The van der Waals surface area contributed by atoms with Gasteiger partial charge in [-0.3, -0.25) is 4.79 Å². The Morgan fingerprint density at radius 1 is 1.29 bits per heavy atom. The zero-order valence-electron chi connectivity index (χ0n) is 11.2. The summed E-state index contributed by atoms with van der Waals surface area (Å²) in [7, 11) is 0. The van der Waals surface area contributed by atoms with E-state index in [1.54, 1.807) is 0 Å². The maximum atomic E-state index is 11.5. The predicted octanol–water partition coefficient (Wildman–Crippen LogP) is 0.328. The molecular formula is C12H27N3O2. The zero-order valence-corrected chi connectivity index (χ0v) is 11.2. The summed E-state index contributed by atoms with van der Waals surface area (Å²) in [4.78, 5) is 13.7. The third-order valence-corrected chi connectivity index (χ3v) is 2.82. The van der Waals surface area contributed by atoms with Crippen LogP contribution in [0.1, 0.15) is 33.1 Å². The molecule has 17 heavy (non-hydrogen) atoms. The molecule has 102 valence electrons. The van der Waals surface area contributed by atoms with E-state index in [-0.39, 0.29) is 5.97 Å². The van der Waals surface area contributed by atoms with Crippen molar-refractivity contribution >= 4 is 5.97 Å². The third-order valence-electron chi connectivity index (χ3n) is 2.82. The molecule has 0 saturated heterocycles. The van der Waals surface area contributed by atoms with E-state index in [1.165, 1.54) is 0 Å². The molecule has 5 nitrogen and oxygen atoms in total. The zero-order chi connectivity index (χ0) is 13.1. The molecule has 4 N–H and O–H groups in total. The van der Waals surface area contributed by atoms with Crippen LogP contribution in [0.4, 0.5) is 0 Å². The van der Waals surface area contributed by atoms with Gasteiger partial charge in [0.2, 0.25) is 0 Å². The number of carbonyl (C=O) groups excluding carboxylic acids is 1. The van der Waals surface area contributed by atoms with Crippen LogP contribution in [0.5, 0.6) is 0 Å². The maximum Gasteiger partial charge on any atom is 0.322 e. The lowest BCUT2D eigenvalue weighted by Gasteiger charge is -2.18. The number of hydrogen-bond acceptors (Lipinski definition) is 5. The van der Waals surface area contributed by atoms with Crippen LogP contribution in [0, 0.1) is 0 Å². The smallest absolute Gasteiger partial charge is 0.322 e. The Labute approximate surface area is 104 Å². The van der Waals surface area contributed by atoms with Gasteiger partial charge >= 0.3 is 5.97 Å². The lowest BCUT2D eigenvalue weighted by molar-refractivity contribution is -0.145. The highest BCUT2D eigenvalue weighted by Gasteiger charge is 2.14. The van der Waals surface area contributed by atoms with Crippen LogP contribution in [-0.2, 0) is 9.53 Å². The fourth-order valence-corrected chi connectivity index (χ4v) is 1.55. The molecule has 0 saturated carbocycles. The van der Waals surface area contributed by atoms with Crippen molar-refractivity contribution in [3.8, 4) is 0 Å². The summed E-state index contributed by atoms with van der Waals surface area (Å²) in [6.45, 7) is 7.95. The average molecular weight is 245 g/mol. The minimum Gasteiger partial charge on any atom is -0.463 e. The average Bonchev–Trinajstić information content (AvgIpc) is 2.34. The van der Waals surface area contributed by atoms with Crippen molar-refractivity contribution in [2.45, 2.75) is 39.2 Å². The minimum atomic E-state index is -0.502. The summed E-state index contributed by atoms with van der Waals surface area (Å²) in [6.07, 6.45) is 2.44. The Hall–Kier alpha value is -0.650. The number of carbonyl (C=O) groups is 1. The van der Waals surface area contributed by atoms with Gasteiger partial charge in [0.1, 0.15) is 12.6 Å². The number of likely N-dealkylation sites (N-methyl/N-ethyl adjacent to an activating group) is 1. The van der Waals surface area contributed by atoms with Gasteiger partial charge in [0.15, 0.2) is 0 Å². The van der Waals surface area contributed by atoms with Crippen molar-refractivity contribution in [2.24, 2.45) is 11.5 Å². The molecule has 0 aromatic carbocycles. The summed E-state index contributed by atoms with van der Waals surface area (Å²) in [6, 6.07) is -0.502. The van der Waals surface area contributed by atoms with Gasteiger partial charge in [0.25, 0.3) is 0 Å². The second kappa shape index (κ2) is 10.5. The highest BCUT2D eigenvalue weighted by molar-refractivity contribution is 5.75. The van der Waals surface area contributed by atoms with E-state index < -0.39 is 6.04 Å². The van der Waals surface area contributed by atoms with E-state index in [2.05, 4.69) is 18.7 Å². The second-order valence-electron chi connectivity index (χ2n) is 4.09. The van der Waals surface area contributed by atoms with E-state index in [4.69, 9.17) is 16.2 Å². The van der Waals surface area contributed by atoms with E-state index in [0.29, 0.717) is 19.6 Å². The first-order valence-corrected chi connectivity index (χ1v) is 6.50. The Morgan fingerprint density at radius 3 is 2.47 bits per heavy atom. The van der Waals surface area contributed by atoms with Crippen LogP contribution in [0.2, 0.25) is 0 Å². The minimum absolute atomic E-state index is 0.297. The fraction of sp³-hybridized carbons (Fsp3) is 0.917.